The van der Waals surface area contributed by atoms with Gasteiger partial charge in [-0.15, -0.1) is 0 Å². The van der Waals surface area contributed by atoms with Crippen molar-refractivity contribution in [2.24, 2.45) is 0 Å². The molecule has 1 aromatic carbocycles. The first-order valence-electron chi connectivity index (χ1n) is 5.38. The van der Waals surface area contributed by atoms with Crippen molar-refractivity contribution in [3.63, 3.8) is 0 Å². The van der Waals surface area contributed by atoms with Crippen LogP contribution in [0.3, 0.4) is 0 Å². The number of ether oxygens (including phenoxy) is 1. The van der Waals surface area contributed by atoms with Gasteiger partial charge < -0.3 is 9.64 Å². The molecule has 0 fully saturated rings. The molecule has 0 aromatic heterocycles. The van der Waals surface area contributed by atoms with Crippen molar-refractivity contribution in [3.05, 3.63) is 34.4 Å². The van der Waals surface area contributed by atoms with Gasteiger partial charge >= 0.3 is 0 Å². The van der Waals surface area contributed by atoms with Gasteiger partial charge in [-0.25, -0.2) is 0 Å². The second kappa shape index (κ2) is 4.38. The zero-order valence-electron chi connectivity index (χ0n) is 9.88. The first-order valence-corrected chi connectivity index (χ1v) is 5.76. The van der Waals surface area contributed by atoms with Crippen LogP contribution in [0, 0.1) is 0 Å². The minimum Gasteiger partial charge on any atom is -0.496 e. The van der Waals surface area contributed by atoms with Crippen molar-refractivity contribution in [3.8, 4) is 5.75 Å². The Morgan fingerprint density at radius 2 is 2.06 bits per heavy atom. The summed E-state index contributed by atoms with van der Waals surface area (Å²) in [7, 11) is 5.78. The lowest BCUT2D eigenvalue weighted by molar-refractivity contribution is 0.408. The number of allylic oxidation sites excluding steroid dienone is 1. The maximum atomic E-state index is 6.29. The van der Waals surface area contributed by atoms with Crippen LogP contribution in [0.5, 0.6) is 5.75 Å². The quantitative estimate of drug-likeness (QED) is 0.783. The van der Waals surface area contributed by atoms with E-state index in [0.717, 1.165) is 29.2 Å². The van der Waals surface area contributed by atoms with Gasteiger partial charge in [-0.2, -0.15) is 0 Å². The van der Waals surface area contributed by atoms with Crippen LogP contribution in [0.15, 0.2) is 18.2 Å². The topological polar surface area (TPSA) is 12.5 Å². The van der Waals surface area contributed by atoms with Crippen LogP contribution in [0.4, 0.5) is 0 Å². The molecule has 0 spiro atoms. The molecule has 0 amide bonds. The molecule has 0 atom stereocenters. The standard InChI is InChI=1S/C13H16ClNO/c1-15(2)11-6-4-5-9-12(16-3)8-7-10(14)13(9)11/h6-8H,4-5H2,1-3H3. The summed E-state index contributed by atoms with van der Waals surface area (Å²) in [5.41, 5.74) is 3.53. The predicted octanol–water partition coefficient (Wildman–Crippen LogP) is 3.20. The molecule has 86 valence electrons. The number of hydrogen-bond donors (Lipinski definition) is 0. The van der Waals surface area contributed by atoms with E-state index >= 15 is 0 Å². The second-order valence-electron chi connectivity index (χ2n) is 4.13. The minimum absolute atomic E-state index is 0.801. The van der Waals surface area contributed by atoms with E-state index in [-0.39, 0.29) is 0 Å². The number of benzene rings is 1. The molecule has 1 aromatic rings. The third kappa shape index (κ3) is 1.78. The molecule has 1 aliphatic rings. The third-order valence-electron chi connectivity index (χ3n) is 2.91. The normalized spacial score (nSPS) is 14.1. The Morgan fingerprint density at radius 3 is 2.69 bits per heavy atom. The highest BCUT2D eigenvalue weighted by molar-refractivity contribution is 6.32. The van der Waals surface area contributed by atoms with Crippen LogP contribution in [0.2, 0.25) is 5.02 Å². The fourth-order valence-electron chi connectivity index (χ4n) is 2.18. The number of halogens is 1. The number of fused-ring (bicyclic) bond motifs is 1. The molecule has 0 N–H and O–H groups in total. The summed E-state index contributed by atoms with van der Waals surface area (Å²) in [5.74, 6) is 0.937. The van der Waals surface area contributed by atoms with Crippen molar-refractivity contribution < 1.29 is 4.74 Å². The fourth-order valence-corrected chi connectivity index (χ4v) is 2.45. The lowest BCUT2D eigenvalue weighted by Crippen LogP contribution is -2.15. The van der Waals surface area contributed by atoms with E-state index in [4.69, 9.17) is 16.3 Å². The molecule has 3 heteroatoms. The summed E-state index contributed by atoms with van der Waals surface area (Å²) in [6, 6.07) is 3.85. The maximum Gasteiger partial charge on any atom is 0.122 e. The highest BCUT2D eigenvalue weighted by atomic mass is 35.5. The Morgan fingerprint density at radius 1 is 1.31 bits per heavy atom. The van der Waals surface area contributed by atoms with E-state index in [9.17, 15) is 0 Å². The zero-order valence-corrected chi connectivity index (χ0v) is 10.6. The number of hydrogen-bond acceptors (Lipinski definition) is 2. The molecule has 0 aliphatic heterocycles. The summed E-state index contributed by atoms with van der Waals surface area (Å²) in [6.07, 6.45) is 4.27. The van der Waals surface area contributed by atoms with Gasteiger partial charge in [0.05, 0.1) is 12.1 Å². The van der Waals surface area contributed by atoms with Crippen LogP contribution in [0.1, 0.15) is 17.5 Å². The summed E-state index contributed by atoms with van der Waals surface area (Å²) in [5, 5.41) is 0.801. The number of methoxy groups -OCH3 is 1. The zero-order chi connectivity index (χ0) is 11.7. The molecule has 0 heterocycles. The van der Waals surface area contributed by atoms with E-state index in [0.29, 0.717) is 0 Å². The molecular formula is C13H16ClNO. The Hall–Kier alpha value is -1.15. The molecule has 0 radical (unpaired) electrons. The Labute approximate surface area is 101 Å². The summed E-state index contributed by atoms with van der Waals surface area (Å²) in [4.78, 5) is 2.10. The van der Waals surface area contributed by atoms with Gasteiger partial charge in [0.2, 0.25) is 0 Å². The highest BCUT2D eigenvalue weighted by Crippen LogP contribution is 2.38. The summed E-state index contributed by atoms with van der Waals surface area (Å²) >= 11 is 6.29. The van der Waals surface area contributed by atoms with Crippen LogP contribution >= 0.6 is 11.6 Å². The van der Waals surface area contributed by atoms with Gasteiger partial charge in [-0.05, 0) is 25.0 Å². The van der Waals surface area contributed by atoms with E-state index in [1.54, 1.807) is 7.11 Å². The third-order valence-corrected chi connectivity index (χ3v) is 3.22. The SMILES string of the molecule is COc1ccc(Cl)c2c1CCC=C2N(C)C. The average molecular weight is 238 g/mol. The maximum absolute atomic E-state index is 6.29. The second-order valence-corrected chi connectivity index (χ2v) is 4.53. The molecule has 1 aliphatic carbocycles. The van der Waals surface area contributed by atoms with E-state index < -0.39 is 0 Å². The largest absolute Gasteiger partial charge is 0.496 e. The molecule has 0 saturated carbocycles. The van der Waals surface area contributed by atoms with Crippen LogP contribution < -0.4 is 4.74 Å². The van der Waals surface area contributed by atoms with Crippen molar-refractivity contribution in [1.29, 1.82) is 0 Å². The lowest BCUT2D eigenvalue weighted by atomic mass is 9.93. The Kier molecular flexibility index (Phi) is 3.10. The Bertz CT molecular complexity index is 438. The summed E-state index contributed by atoms with van der Waals surface area (Å²) < 4.78 is 5.39. The van der Waals surface area contributed by atoms with Crippen LogP contribution in [0.25, 0.3) is 5.70 Å². The molecule has 0 unspecified atom stereocenters. The van der Waals surface area contributed by atoms with Gasteiger partial charge in [0, 0.05) is 30.9 Å². The monoisotopic (exact) mass is 237 g/mol. The molecular weight excluding hydrogens is 222 g/mol. The van der Waals surface area contributed by atoms with E-state index in [2.05, 4.69) is 11.0 Å². The lowest BCUT2D eigenvalue weighted by Gasteiger charge is -2.26. The van der Waals surface area contributed by atoms with E-state index in [1.807, 2.05) is 26.2 Å². The molecule has 0 bridgehead atoms. The predicted molar refractivity (Wildman–Crippen MR) is 68.0 cm³/mol. The molecule has 0 saturated heterocycles. The molecule has 16 heavy (non-hydrogen) atoms. The molecule has 2 rings (SSSR count). The van der Waals surface area contributed by atoms with Crippen LogP contribution in [-0.2, 0) is 6.42 Å². The van der Waals surface area contributed by atoms with Crippen molar-refractivity contribution in [1.82, 2.24) is 4.90 Å². The van der Waals surface area contributed by atoms with Crippen molar-refractivity contribution in [2.45, 2.75) is 12.8 Å². The van der Waals surface area contributed by atoms with Gasteiger partial charge in [-0.1, -0.05) is 17.7 Å². The Balaban J connectivity index is 2.62. The van der Waals surface area contributed by atoms with Gasteiger partial charge in [0.1, 0.15) is 5.75 Å². The van der Waals surface area contributed by atoms with Gasteiger partial charge in [0.15, 0.2) is 0 Å². The smallest absolute Gasteiger partial charge is 0.122 e. The van der Waals surface area contributed by atoms with Gasteiger partial charge in [-0.3, -0.25) is 0 Å². The first kappa shape index (κ1) is 11.3. The van der Waals surface area contributed by atoms with E-state index in [1.165, 1.54) is 11.3 Å². The molecule has 2 nitrogen and oxygen atoms in total. The highest BCUT2D eigenvalue weighted by Gasteiger charge is 2.20. The first-order chi connectivity index (χ1) is 7.65. The minimum atomic E-state index is 0.801. The fraction of sp³-hybridized carbons (Fsp3) is 0.385. The van der Waals surface area contributed by atoms with Crippen LogP contribution in [-0.4, -0.2) is 26.1 Å². The average Bonchev–Trinajstić information content (AvgIpc) is 2.29. The van der Waals surface area contributed by atoms with Gasteiger partial charge in [0.25, 0.3) is 0 Å². The number of nitrogens with zero attached hydrogens (tertiary/aromatic N) is 1. The van der Waals surface area contributed by atoms with Crippen molar-refractivity contribution in [2.75, 3.05) is 21.2 Å². The summed E-state index contributed by atoms with van der Waals surface area (Å²) in [6.45, 7) is 0. The van der Waals surface area contributed by atoms with Crippen molar-refractivity contribution >= 4 is 17.3 Å². The number of rotatable bonds is 2.